The molecule has 7 heteroatoms. The molecule has 1 aliphatic heterocycles. The number of nitrogens with zero attached hydrogens (tertiary/aromatic N) is 2. The Hall–Kier alpha value is -2.70. The van der Waals surface area contributed by atoms with E-state index in [2.05, 4.69) is 5.32 Å². The maximum Gasteiger partial charge on any atom is 0.334 e. The molecule has 27 heavy (non-hydrogen) atoms. The van der Waals surface area contributed by atoms with Crippen LogP contribution in [0.5, 0.6) is 0 Å². The monoisotopic (exact) mass is 371 g/mol. The third-order valence-electron chi connectivity index (χ3n) is 5.44. The van der Waals surface area contributed by atoms with Crippen LogP contribution < -0.4 is 5.32 Å². The van der Waals surface area contributed by atoms with Crippen molar-refractivity contribution < 1.29 is 19.2 Å². The molecule has 1 saturated heterocycles. The summed E-state index contributed by atoms with van der Waals surface area (Å²) in [6.07, 6.45) is 3.61. The molecule has 2 aliphatic rings. The highest BCUT2D eigenvalue weighted by Gasteiger charge is 2.49. The molecule has 2 fully saturated rings. The Morgan fingerprint density at radius 2 is 1.81 bits per heavy atom. The number of urea groups is 1. The van der Waals surface area contributed by atoms with Crippen LogP contribution >= 0.6 is 0 Å². The van der Waals surface area contributed by atoms with Gasteiger partial charge in [0.05, 0.1) is 0 Å². The van der Waals surface area contributed by atoms with Gasteiger partial charge in [0, 0.05) is 11.7 Å². The van der Waals surface area contributed by atoms with Gasteiger partial charge in [0.15, 0.2) is 0 Å². The third kappa shape index (κ3) is 3.72. The minimum atomic E-state index is -0.923. The fourth-order valence-electron chi connectivity index (χ4n) is 3.92. The summed E-state index contributed by atoms with van der Waals surface area (Å²) in [6.45, 7) is 5.34. The minimum absolute atomic E-state index is 0.156. The summed E-state index contributed by atoms with van der Waals surface area (Å²) >= 11 is 0. The molecule has 0 aromatic heterocycles. The quantitative estimate of drug-likeness (QED) is 0.651. The minimum Gasteiger partial charge on any atom is -0.324 e. The van der Waals surface area contributed by atoms with Crippen molar-refractivity contribution in [3.05, 3.63) is 29.3 Å². The molecule has 3 rings (SSSR count). The largest absolute Gasteiger partial charge is 0.334 e. The van der Waals surface area contributed by atoms with Gasteiger partial charge in [0.2, 0.25) is 5.91 Å². The molecule has 144 valence electrons. The van der Waals surface area contributed by atoms with Crippen LogP contribution in [0.1, 0.15) is 43.7 Å². The topological polar surface area (TPSA) is 86.8 Å². The Labute approximate surface area is 158 Å². The van der Waals surface area contributed by atoms with Crippen LogP contribution in [0.3, 0.4) is 0 Å². The Morgan fingerprint density at radius 1 is 1.11 bits per heavy atom. The van der Waals surface area contributed by atoms with Crippen molar-refractivity contribution in [3.8, 4) is 0 Å². The zero-order valence-electron chi connectivity index (χ0n) is 15.9. The van der Waals surface area contributed by atoms with Crippen molar-refractivity contribution in [2.45, 2.75) is 52.5 Å². The highest BCUT2D eigenvalue weighted by Crippen LogP contribution is 2.31. The maximum absolute atomic E-state index is 12.7. The van der Waals surface area contributed by atoms with Crippen LogP contribution in [-0.2, 0) is 14.4 Å². The second-order valence-corrected chi connectivity index (χ2v) is 7.54. The van der Waals surface area contributed by atoms with Crippen molar-refractivity contribution in [1.29, 1.82) is 0 Å². The van der Waals surface area contributed by atoms with E-state index in [0.29, 0.717) is 12.1 Å². The van der Waals surface area contributed by atoms with Gasteiger partial charge >= 0.3 is 17.8 Å². The highest BCUT2D eigenvalue weighted by atomic mass is 16.2. The molecule has 5 amide bonds. The van der Waals surface area contributed by atoms with Gasteiger partial charge in [-0.2, -0.15) is 0 Å². The molecule has 0 radical (unpaired) electrons. The van der Waals surface area contributed by atoms with Crippen LogP contribution in [0.25, 0.3) is 0 Å². The number of amides is 5. The first-order chi connectivity index (χ1) is 12.8. The van der Waals surface area contributed by atoms with Crippen LogP contribution in [0.2, 0.25) is 0 Å². The summed E-state index contributed by atoms with van der Waals surface area (Å²) in [6, 6.07) is 4.62. The molecule has 1 heterocycles. The first-order valence-electron chi connectivity index (χ1n) is 9.35. The van der Waals surface area contributed by atoms with Crippen molar-refractivity contribution in [2.75, 3.05) is 11.9 Å². The number of rotatable bonds is 4. The van der Waals surface area contributed by atoms with Crippen LogP contribution in [0.4, 0.5) is 10.5 Å². The van der Waals surface area contributed by atoms with E-state index in [0.717, 1.165) is 40.2 Å². The molecule has 2 atom stereocenters. The molecule has 0 spiro atoms. The van der Waals surface area contributed by atoms with Gasteiger partial charge in [0.1, 0.15) is 6.54 Å². The molecule has 1 saturated carbocycles. The van der Waals surface area contributed by atoms with Crippen LogP contribution in [0.15, 0.2) is 18.2 Å². The lowest BCUT2D eigenvalue weighted by atomic mass is 9.85. The third-order valence-corrected chi connectivity index (χ3v) is 5.44. The number of hydrogen-bond donors (Lipinski definition) is 1. The molecule has 7 nitrogen and oxygen atoms in total. The molecular weight excluding hydrogens is 346 g/mol. The second kappa shape index (κ2) is 7.50. The van der Waals surface area contributed by atoms with E-state index >= 15 is 0 Å². The molecular formula is C20H25N3O4. The van der Waals surface area contributed by atoms with E-state index in [1.54, 1.807) is 6.07 Å². The molecule has 1 N–H and O–H groups in total. The van der Waals surface area contributed by atoms with Crippen LogP contribution in [0, 0.1) is 19.8 Å². The van der Waals surface area contributed by atoms with Crippen molar-refractivity contribution in [3.63, 3.8) is 0 Å². The number of nitrogens with one attached hydrogen (secondary N) is 1. The Bertz CT molecular complexity index is 804. The van der Waals surface area contributed by atoms with E-state index in [9.17, 15) is 19.2 Å². The summed E-state index contributed by atoms with van der Waals surface area (Å²) < 4.78 is 0. The molecule has 1 aliphatic carbocycles. The van der Waals surface area contributed by atoms with E-state index in [4.69, 9.17) is 0 Å². The van der Waals surface area contributed by atoms with Crippen molar-refractivity contribution in [2.24, 2.45) is 5.92 Å². The Kier molecular flexibility index (Phi) is 5.30. The van der Waals surface area contributed by atoms with Gasteiger partial charge in [-0.15, -0.1) is 0 Å². The average molecular weight is 371 g/mol. The summed E-state index contributed by atoms with van der Waals surface area (Å²) in [5.74, 6) is -2.09. The first kappa shape index (κ1) is 19.1. The van der Waals surface area contributed by atoms with E-state index in [1.165, 1.54) is 0 Å². The van der Waals surface area contributed by atoms with Gasteiger partial charge in [0.25, 0.3) is 0 Å². The fraction of sp³-hybridized carbons (Fsp3) is 0.500. The number of hydrogen-bond acceptors (Lipinski definition) is 4. The summed E-state index contributed by atoms with van der Waals surface area (Å²) in [7, 11) is 0. The first-order valence-corrected chi connectivity index (χ1v) is 9.35. The lowest BCUT2D eigenvalue weighted by Gasteiger charge is -2.34. The normalized spacial score (nSPS) is 23.1. The number of anilines is 1. The van der Waals surface area contributed by atoms with E-state index in [1.807, 2.05) is 32.9 Å². The average Bonchev–Trinajstić information content (AvgIpc) is 2.82. The summed E-state index contributed by atoms with van der Waals surface area (Å²) in [5.41, 5.74) is 2.57. The van der Waals surface area contributed by atoms with E-state index in [-0.39, 0.29) is 12.0 Å². The zero-order chi connectivity index (χ0) is 19.7. The molecule has 1 aromatic carbocycles. The summed E-state index contributed by atoms with van der Waals surface area (Å²) in [4.78, 5) is 51.6. The van der Waals surface area contributed by atoms with Crippen molar-refractivity contribution in [1.82, 2.24) is 9.80 Å². The number of carbonyl (C=O) groups is 4. The predicted molar refractivity (Wildman–Crippen MR) is 99.9 cm³/mol. The lowest BCUT2D eigenvalue weighted by Crippen LogP contribution is -2.46. The number of imide groups is 2. The summed E-state index contributed by atoms with van der Waals surface area (Å²) in [5, 5.41) is 2.71. The van der Waals surface area contributed by atoms with Gasteiger partial charge in [-0.3, -0.25) is 19.3 Å². The number of aryl methyl sites for hydroxylation is 2. The molecule has 0 bridgehead atoms. The lowest BCUT2D eigenvalue weighted by molar-refractivity contribution is -0.145. The number of benzene rings is 1. The fourth-order valence-corrected chi connectivity index (χ4v) is 3.92. The van der Waals surface area contributed by atoms with Crippen molar-refractivity contribution >= 4 is 29.4 Å². The molecule has 0 unspecified atom stereocenters. The predicted octanol–water partition coefficient (Wildman–Crippen LogP) is 2.61. The number of carbonyl (C=O) groups excluding carboxylic acids is 4. The van der Waals surface area contributed by atoms with Gasteiger partial charge in [-0.1, -0.05) is 37.5 Å². The zero-order valence-corrected chi connectivity index (χ0v) is 15.9. The van der Waals surface area contributed by atoms with Gasteiger partial charge in [-0.25, -0.2) is 9.69 Å². The standard InChI is InChI=1S/C20H25N3O4/c1-12-8-9-15(14(3)10-12)21-17(24)11-22-18(25)19(26)23(20(22)27)16-7-5-4-6-13(16)2/h8-10,13,16H,4-7,11H2,1-3H3,(H,21,24)/t13-,16+/m1/s1. The highest BCUT2D eigenvalue weighted by molar-refractivity contribution is 6.45. The van der Waals surface area contributed by atoms with Crippen LogP contribution in [-0.4, -0.2) is 46.1 Å². The van der Waals surface area contributed by atoms with Gasteiger partial charge in [-0.05, 0) is 44.2 Å². The van der Waals surface area contributed by atoms with Gasteiger partial charge < -0.3 is 5.32 Å². The maximum atomic E-state index is 12.7. The second-order valence-electron chi connectivity index (χ2n) is 7.54. The molecule has 1 aromatic rings. The van der Waals surface area contributed by atoms with E-state index < -0.39 is 30.3 Å². The Morgan fingerprint density at radius 3 is 2.48 bits per heavy atom. The smallest absolute Gasteiger partial charge is 0.324 e. The SMILES string of the molecule is Cc1ccc(NC(=O)CN2C(=O)C(=O)N([C@H]3CCCC[C@H]3C)C2=O)c(C)c1. The Balaban J connectivity index is 1.71.